The van der Waals surface area contributed by atoms with Gasteiger partial charge in [0.2, 0.25) is 0 Å². The monoisotopic (exact) mass is 191 g/mol. The number of carbonyl (C=O) groups excluding carboxylic acids is 1. The minimum atomic E-state index is -0.337. The molecule has 0 unspecified atom stereocenters. The number of nitrogens with one attached hydrogen (secondary N) is 1. The molecule has 1 N–H and O–H groups in total. The molecule has 0 heterocycles. The summed E-state index contributed by atoms with van der Waals surface area (Å²) in [7, 11) is 1.86. The second-order valence-electron chi connectivity index (χ2n) is 4.11. The van der Waals surface area contributed by atoms with Gasteiger partial charge >= 0.3 is 0 Å². The standard InChI is InChI=1S/C12H17NO/c1-12(2,9-13-3)11(14)10-7-5-4-6-8-10/h4-8,13H,9H2,1-3H3. The first kappa shape index (κ1) is 10.9. The van der Waals surface area contributed by atoms with Crippen molar-refractivity contribution in [1.82, 2.24) is 5.32 Å². The summed E-state index contributed by atoms with van der Waals surface area (Å²) in [5.74, 6) is 0.187. The van der Waals surface area contributed by atoms with E-state index in [9.17, 15) is 4.79 Å². The summed E-state index contributed by atoms with van der Waals surface area (Å²) in [6.45, 7) is 4.61. The van der Waals surface area contributed by atoms with Crippen LogP contribution < -0.4 is 5.32 Å². The van der Waals surface area contributed by atoms with Crippen LogP contribution in [-0.4, -0.2) is 19.4 Å². The summed E-state index contributed by atoms with van der Waals surface area (Å²) in [5.41, 5.74) is 0.448. The van der Waals surface area contributed by atoms with Gasteiger partial charge in [0.25, 0.3) is 0 Å². The first-order valence-electron chi connectivity index (χ1n) is 4.82. The van der Waals surface area contributed by atoms with Gasteiger partial charge in [-0.3, -0.25) is 4.79 Å². The van der Waals surface area contributed by atoms with Crippen LogP contribution in [0.15, 0.2) is 30.3 Å². The number of Topliss-reactive ketones (excluding diaryl/α,β-unsaturated/α-hetero) is 1. The average molecular weight is 191 g/mol. The van der Waals surface area contributed by atoms with Crippen LogP contribution in [0.2, 0.25) is 0 Å². The Morgan fingerprint density at radius 1 is 1.29 bits per heavy atom. The summed E-state index contributed by atoms with van der Waals surface area (Å²) in [4.78, 5) is 12.0. The van der Waals surface area contributed by atoms with Crippen LogP contribution in [-0.2, 0) is 0 Å². The largest absolute Gasteiger partial charge is 0.319 e. The van der Waals surface area contributed by atoms with Crippen LogP contribution in [0.1, 0.15) is 24.2 Å². The smallest absolute Gasteiger partial charge is 0.169 e. The maximum absolute atomic E-state index is 12.0. The Morgan fingerprint density at radius 2 is 1.86 bits per heavy atom. The summed E-state index contributed by atoms with van der Waals surface area (Å²) in [5, 5.41) is 3.04. The third-order valence-electron chi connectivity index (χ3n) is 2.27. The fourth-order valence-electron chi connectivity index (χ4n) is 1.50. The quantitative estimate of drug-likeness (QED) is 0.738. The molecule has 1 aromatic carbocycles. The number of hydrogen-bond donors (Lipinski definition) is 1. The van der Waals surface area contributed by atoms with E-state index in [-0.39, 0.29) is 11.2 Å². The average Bonchev–Trinajstić information content (AvgIpc) is 2.18. The molecule has 0 aliphatic carbocycles. The zero-order valence-corrected chi connectivity index (χ0v) is 9.00. The topological polar surface area (TPSA) is 29.1 Å². The van der Waals surface area contributed by atoms with E-state index in [0.29, 0.717) is 6.54 Å². The maximum Gasteiger partial charge on any atom is 0.169 e. The molecule has 0 spiro atoms. The molecule has 14 heavy (non-hydrogen) atoms. The predicted molar refractivity (Wildman–Crippen MR) is 58.5 cm³/mol. The van der Waals surface area contributed by atoms with Gasteiger partial charge in [0.05, 0.1) is 0 Å². The number of rotatable bonds is 4. The zero-order chi connectivity index (χ0) is 10.6. The van der Waals surface area contributed by atoms with Gasteiger partial charge in [-0.15, -0.1) is 0 Å². The molecule has 0 aliphatic heterocycles. The van der Waals surface area contributed by atoms with Crippen LogP contribution in [0, 0.1) is 5.41 Å². The Morgan fingerprint density at radius 3 is 2.36 bits per heavy atom. The molecule has 76 valence electrons. The number of ketones is 1. The molecule has 2 nitrogen and oxygen atoms in total. The second-order valence-corrected chi connectivity index (χ2v) is 4.11. The molecule has 1 rings (SSSR count). The highest BCUT2D eigenvalue weighted by molar-refractivity contribution is 6.00. The highest BCUT2D eigenvalue weighted by atomic mass is 16.1. The number of hydrogen-bond acceptors (Lipinski definition) is 2. The van der Waals surface area contributed by atoms with Gasteiger partial charge in [0.15, 0.2) is 5.78 Å². The van der Waals surface area contributed by atoms with E-state index in [1.807, 2.05) is 51.2 Å². The highest BCUT2D eigenvalue weighted by Crippen LogP contribution is 2.20. The van der Waals surface area contributed by atoms with Gasteiger partial charge in [-0.2, -0.15) is 0 Å². The molecule has 0 saturated carbocycles. The lowest BCUT2D eigenvalue weighted by molar-refractivity contribution is 0.0839. The Bertz CT molecular complexity index is 303. The molecule has 0 fully saturated rings. The van der Waals surface area contributed by atoms with Crippen molar-refractivity contribution >= 4 is 5.78 Å². The van der Waals surface area contributed by atoms with Crippen LogP contribution in [0.25, 0.3) is 0 Å². The molecule has 2 heteroatoms. The highest BCUT2D eigenvalue weighted by Gasteiger charge is 2.27. The van der Waals surface area contributed by atoms with Gasteiger partial charge in [0.1, 0.15) is 0 Å². The van der Waals surface area contributed by atoms with E-state index < -0.39 is 0 Å². The molecule has 1 aromatic rings. The van der Waals surface area contributed by atoms with E-state index in [1.165, 1.54) is 0 Å². The Labute approximate surface area is 85.3 Å². The Kier molecular flexibility index (Phi) is 3.42. The number of benzene rings is 1. The molecule has 0 aromatic heterocycles. The SMILES string of the molecule is CNCC(C)(C)C(=O)c1ccccc1. The van der Waals surface area contributed by atoms with E-state index in [1.54, 1.807) is 0 Å². The zero-order valence-electron chi connectivity index (χ0n) is 9.00. The van der Waals surface area contributed by atoms with Crippen molar-refractivity contribution in [3.63, 3.8) is 0 Å². The van der Waals surface area contributed by atoms with Crippen LogP contribution in [0.4, 0.5) is 0 Å². The predicted octanol–water partition coefficient (Wildman–Crippen LogP) is 2.11. The molecular formula is C12H17NO. The minimum Gasteiger partial charge on any atom is -0.319 e. The van der Waals surface area contributed by atoms with E-state index in [2.05, 4.69) is 5.32 Å². The lowest BCUT2D eigenvalue weighted by Gasteiger charge is -2.22. The fourth-order valence-corrected chi connectivity index (χ4v) is 1.50. The van der Waals surface area contributed by atoms with E-state index in [4.69, 9.17) is 0 Å². The lowest BCUT2D eigenvalue weighted by atomic mass is 9.84. The molecule has 0 radical (unpaired) electrons. The van der Waals surface area contributed by atoms with Gasteiger partial charge in [-0.05, 0) is 7.05 Å². The van der Waals surface area contributed by atoms with Crippen molar-refractivity contribution in [2.24, 2.45) is 5.41 Å². The molecule has 0 atom stereocenters. The summed E-state index contributed by atoms with van der Waals surface area (Å²) < 4.78 is 0. The lowest BCUT2D eigenvalue weighted by Crippen LogP contribution is -2.34. The summed E-state index contributed by atoms with van der Waals surface area (Å²) in [6, 6.07) is 9.42. The van der Waals surface area contributed by atoms with Crippen molar-refractivity contribution in [1.29, 1.82) is 0 Å². The first-order chi connectivity index (χ1) is 6.58. The van der Waals surface area contributed by atoms with Gasteiger partial charge < -0.3 is 5.32 Å². The van der Waals surface area contributed by atoms with Crippen LogP contribution >= 0.6 is 0 Å². The van der Waals surface area contributed by atoms with Crippen LogP contribution in [0.3, 0.4) is 0 Å². The van der Waals surface area contributed by atoms with Crippen molar-refractivity contribution in [2.75, 3.05) is 13.6 Å². The number of carbonyl (C=O) groups is 1. The maximum atomic E-state index is 12.0. The Hall–Kier alpha value is -1.15. The molecule has 0 amide bonds. The molecule has 0 bridgehead atoms. The third-order valence-corrected chi connectivity index (χ3v) is 2.27. The van der Waals surface area contributed by atoms with Crippen molar-refractivity contribution in [3.05, 3.63) is 35.9 Å². The minimum absolute atomic E-state index is 0.187. The van der Waals surface area contributed by atoms with Crippen molar-refractivity contribution in [2.45, 2.75) is 13.8 Å². The third kappa shape index (κ3) is 2.42. The van der Waals surface area contributed by atoms with Gasteiger partial charge in [-0.25, -0.2) is 0 Å². The van der Waals surface area contributed by atoms with Crippen molar-refractivity contribution in [3.8, 4) is 0 Å². The van der Waals surface area contributed by atoms with Gasteiger partial charge in [-0.1, -0.05) is 44.2 Å². The van der Waals surface area contributed by atoms with Crippen molar-refractivity contribution < 1.29 is 4.79 Å². The first-order valence-corrected chi connectivity index (χ1v) is 4.82. The molecule has 0 aliphatic rings. The van der Waals surface area contributed by atoms with E-state index >= 15 is 0 Å². The fraction of sp³-hybridized carbons (Fsp3) is 0.417. The summed E-state index contributed by atoms with van der Waals surface area (Å²) >= 11 is 0. The summed E-state index contributed by atoms with van der Waals surface area (Å²) in [6.07, 6.45) is 0. The second kappa shape index (κ2) is 4.38. The van der Waals surface area contributed by atoms with Gasteiger partial charge in [0, 0.05) is 17.5 Å². The molecule has 0 saturated heterocycles. The van der Waals surface area contributed by atoms with E-state index in [0.717, 1.165) is 5.56 Å². The Balaban J connectivity index is 2.85. The normalized spacial score (nSPS) is 11.4. The van der Waals surface area contributed by atoms with Crippen LogP contribution in [0.5, 0.6) is 0 Å². The molecular weight excluding hydrogens is 174 g/mol.